The number of hydrogen-bond donors (Lipinski definition) is 2. The van der Waals surface area contributed by atoms with Crippen LogP contribution in [0.2, 0.25) is 11.4 Å². The van der Waals surface area contributed by atoms with Crippen LogP contribution < -0.4 is 15.3 Å². The van der Waals surface area contributed by atoms with Gasteiger partial charge in [0.1, 0.15) is 5.75 Å². The number of rotatable bonds is 12. The lowest BCUT2D eigenvalue weighted by Crippen LogP contribution is -2.66. The van der Waals surface area contributed by atoms with Crippen LogP contribution in [0.15, 0.2) is 120 Å². The highest BCUT2D eigenvalue weighted by Crippen LogP contribution is 2.52. The number of alkyl halides is 6. The summed E-state index contributed by atoms with van der Waals surface area (Å²) in [5, 5.41) is 22.7. The number of fused-ring (bicyclic) bond motifs is 3. The van der Waals surface area contributed by atoms with Crippen LogP contribution >= 0.6 is 0 Å². The molecule has 7 rings (SSSR count). The average molecular weight is 890 g/mol. The van der Waals surface area contributed by atoms with Crippen molar-refractivity contribution in [1.29, 1.82) is 0 Å². The van der Waals surface area contributed by atoms with Crippen molar-refractivity contribution < 1.29 is 55.1 Å². The van der Waals surface area contributed by atoms with Crippen LogP contribution in [0.1, 0.15) is 76.5 Å². The molecule has 0 unspecified atom stereocenters. The number of carbonyl (C=O) groups excluding carboxylic acids is 2. The number of imide groups is 1. The minimum Gasteiger partial charge on any atom is -0.508 e. The Balaban J connectivity index is 1.34. The Morgan fingerprint density at radius 1 is 0.825 bits per heavy atom. The number of phenolic OH excluding ortho intramolecular Hbond substituents is 1. The summed E-state index contributed by atoms with van der Waals surface area (Å²) in [5.74, 6) is -4.93. The van der Waals surface area contributed by atoms with Crippen LogP contribution in [0.3, 0.4) is 0 Å². The molecule has 2 fully saturated rings. The number of halogens is 6. The topological polar surface area (TPSA) is 96.3 Å². The zero-order valence-corrected chi connectivity index (χ0v) is 36.5. The summed E-state index contributed by atoms with van der Waals surface area (Å²) in [6.07, 6.45) is -6.97. The summed E-state index contributed by atoms with van der Waals surface area (Å²) in [6.45, 7) is 8.35. The SMILES string of the molecule is CCC/C(=C\c1ccc(O)cc1)CC[C@H]1OB(O)C[C@H]2C1=C(CO[Si](c1ccccc1)(c1ccccc1)C(C)(C)C)C[C@H]1C(=O)N(c3cc(C(F)(F)F)cc(C(F)(F)F)c3)C(=O)[C@H]12. The van der Waals surface area contributed by atoms with Crippen LogP contribution in [-0.4, -0.2) is 50.1 Å². The van der Waals surface area contributed by atoms with Crippen LogP contribution in [0.5, 0.6) is 5.75 Å². The smallest absolute Gasteiger partial charge is 0.455 e. The summed E-state index contributed by atoms with van der Waals surface area (Å²) >= 11 is 0. The van der Waals surface area contributed by atoms with E-state index in [0.717, 1.165) is 34.4 Å². The maximum Gasteiger partial charge on any atom is 0.455 e. The Hall–Kier alpha value is -4.96. The second-order valence-corrected chi connectivity index (χ2v) is 22.0. The Labute approximate surface area is 364 Å². The fraction of sp³-hybridized carbons (Fsp3) is 0.375. The highest BCUT2D eigenvalue weighted by atomic mass is 28.4. The van der Waals surface area contributed by atoms with E-state index in [1.807, 2.05) is 73.7 Å². The van der Waals surface area contributed by atoms with Crippen molar-refractivity contribution in [2.75, 3.05) is 11.5 Å². The van der Waals surface area contributed by atoms with E-state index in [0.29, 0.717) is 41.0 Å². The monoisotopic (exact) mass is 889 g/mol. The standard InChI is InChI=1S/C48H50BF6NO6Si/c1-5-12-30(23-31-17-20-36(57)21-18-31)19-22-41-42-32(29-61-63(46(2,3)4,37-13-8-6-9-14-37)38-15-10-7-11-16-38)24-39-43(40(42)28-49(60)62-41)45(59)56(44(39)58)35-26-33(47(50,51)52)25-34(27-35)48(53,54)55/h6-11,13-18,20-21,23,25-27,39-41,43,57,60H,5,12,19,22,24,28-29H2,1-4H3/b30-23+/t39-,40+,41-,43-/m1/s1. The van der Waals surface area contributed by atoms with E-state index < -0.39 is 85.3 Å². The van der Waals surface area contributed by atoms with Gasteiger partial charge in [0, 0.05) is 0 Å². The number of phenols is 1. The first-order chi connectivity index (χ1) is 29.7. The van der Waals surface area contributed by atoms with Gasteiger partial charge in [0.2, 0.25) is 11.8 Å². The molecule has 0 aromatic heterocycles. The van der Waals surface area contributed by atoms with E-state index >= 15 is 0 Å². The molecule has 4 atom stereocenters. The van der Waals surface area contributed by atoms with E-state index in [4.69, 9.17) is 9.08 Å². The molecule has 0 bridgehead atoms. The molecule has 4 aromatic carbocycles. The second-order valence-electron chi connectivity index (χ2n) is 17.7. The van der Waals surface area contributed by atoms with Gasteiger partial charge in [0.05, 0.1) is 41.4 Å². The fourth-order valence-corrected chi connectivity index (χ4v) is 14.4. The molecule has 0 saturated carbocycles. The fourth-order valence-electron chi connectivity index (χ4n) is 9.89. The van der Waals surface area contributed by atoms with Crippen LogP contribution in [0, 0.1) is 17.8 Å². The molecule has 2 aliphatic heterocycles. The Morgan fingerprint density at radius 2 is 1.40 bits per heavy atom. The van der Waals surface area contributed by atoms with Crippen molar-refractivity contribution in [3.8, 4) is 5.75 Å². The summed E-state index contributed by atoms with van der Waals surface area (Å²) in [4.78, 5) is 29.6. The first kappa shape index (κ1) is 46.0. The van der Waals surface area contributed by atoms with Crippen molar-refractivity contribution in [1.82, 2.24) is 0 Å². The van der Waals surface area contributed by atoms with Crippen molar-refractivity contribution >= 4 is 49.4 Å². The van der Waals surface area contributed by atoms with Crippen LogP contribution in [0.4, 0.5) is 32.0 Å². The lowest BCUT2D eigenvalue weighted by atomic mass is 9.58. The zero-order valence-electron chi connectivity index (χ0n) is 35.5. The zero-order chi connectivity index (χ0) is 45.5. The number of benzene rings is 4. The van der Waals surface area contributed by atoms with Gasteiger partial charge in [-0.15, -0.1) is 0 Å². The van der Waals surface area contributed by atoms with Gasteiger partial charge in [-0.25, -0.2) is 4.90 Å². The molecule has 2 N–H and O–H groups in total. The van der Waals surface area contributed by atoms with Gasteiger partial charge in [-0.1, -0.05) is 119 Å². The highest BCUT2D eigenvalue weighted by molar-refractivity contribution is 6.99. The lowest BCUT2D eigenvalue weighted by Gasteiger charge is -2.46. The quantitative estimate of drug-likeness (QED) is 0.0637. The maximum absolute atomic E-state index is 14.6. The van der Waals surface area contributed by atoms with Crippen molar-refractivity contribution in [3.63, 3.8) is 0 Å². The summed E-state index contributed by atoms with van der Waals surface area (Å²) in [5.41, 5.74) is -0.878. The van der Waals surface area contributed by atoms with Gasteiger partial charge >= 0.3 is 19.5 Å². The summed E-state index contributed by atoms with van der Waals surface area (Å²) in [6, 6.07) is 27.3. The molecule has 3 aliphatic rings. The van der Waals surface area contributed by atoms with Crippen LogP contribution in [-0.2, 0) is 31.0 Å². The summed E-state index contributed by atoms with van der Waals surface area (Å²) < 4.78 is 98.1. The van der Waals surface area contributed by atoms with E-state index in [2.05, 4.69) is 20.8 Å². The summed E-state index contributed by atoms with van der Waals surface area (Å²) in [7, 11) is -4.61. The largest absolute Gasteiger partial charge is 0.508 e. The Kier molecular flexibility index (Phi) is 13.1. The first-order valence-corrected chi connectivity index (χ1v) is 23.1. The van der Waals surface area contributed by atoms with Crippen molar-refractivity contribution in [3.05, 3.63) is 137 Å². The molecule has 15 heteroatoms. The predicted octanol–water partition coefficient (Wildman–Crippen LogP) is 9.97. The number of carbonyl (C=O) groups is 2. The molecular formula is C48H50BF6NO6Si. The third-order valence-corrected chi connectivity index (χ3v) is 17.6. The number of allylic oxidation sites excluding steroid dienone is 1. The molecule has 7 nitrogen and oxygen atoms in total. The van der Waals surface area contributed by atoms with Crippen LogP contribution in [0.25, 0.3) is 6.08 Å². The molecule has 0 radical (unpaired) electrons. The minimum absolute atomic E-state index is 0.0211. The molecule has 2 amide bonds. The molecule has 2 heterocycles. The molecule has 4 aromatic rings. The second kappa shape index (κ2) is 17.9. The predicted molar refractivity (Wildman–Crippen MR) is 233 cm³/mol. The molecule has 2 saturated heterocycles. The van der Waals surface area contributed by atoms with Gasteiger partial charge in [0.15, 0.2) is 0 Å². The Bertz CT molecular complexity index is 2290. The van der Waals surface area contributed by atoms with E-state index in [1.165, 1.54) is 0 Å². The van der Waals surface area contributed by atoms with Gasteiger partial charge in [-0.2, -0.15) is 26.3 Å². The molecular weight excluding hydrogens is 839 g/mol. The molecule has 63 heavy (non-hydrogen) atoms. The van der Waals surface area contributed by atoms with Gasteiger partial charge in [0.25, 0.3) is 8.32 Å². The molecule has 332 valence electrons. The van der Waals surface area contributed by atoms with Crippen molar-refractivity contribution in [2.45, 2.75) is 89.6 Å². The number of hydrogen-bond acceptors (Lipinski definition) is 6. The first-order valence-electron chi connectivity index (χ1n) is 21.2. The maximum atomic E-state index is 14.6. The van der Waals surface area contributed by atoms with Gasteiger partial charge in [-0.3, -0.25) is 9.59 Å². The third kappa shape index (κ3) is 9.34. The molecule has 1 aliphatic carbocycles. The number of aromatic hydroxyl groups is 1. The number of amides is 2. The van der Waals surface area contributed by atoms with E-state index in [9.17, 15) is 46.1 Å². The third-order valence-electron chi connectivity index (χ3n) is 12.6. The lowest BCUT2D eigenvalue weighted by molar-refractivity contribution is -0.143. The van der Waals surface area contributed by atoms with Gasteiger partial charge < -0.3 is 19.2 Å². The number of nitrogens with zero attached hydrogens (tertiary/aromatic N) is 1. The normalized spacial score (nSPS) is 21.2. The Morgan fingerprint density at radius 3 is 1.92 bits per heavy atom. The van der Waals surface area contributed by atoms with E-state index in [1.54, 1.807) is 24.3 Å². The van der Waals surface area contributed by atoms with Crippen molar-refractivity contribution in [2.24, 2.45) is 17.8 Å². The van der Waals surface area contributed by atoms with Gasteiger partial charge in [-0.05, 0) is 100 Å². The minimum atomic E-state index is -5.21. The highest BCUT2D eigenvalue weighted by Gasteiger charge is 2.59. The van der Waals surface area contributed by atoms with E-state index in [-0.39, 0.29) is 31.2 Å². The average Bonchev–Trinajstić information content (AvgIpc) is 3.48. The number of anilines is 1. The molecule has 0 spiro atoms.